The predicted molar refractivity (Wildman–Crippen MR) is 259 cm³/mol. The van der Waals surface area contributed by atoms with Gasteiger partial charge in [-0.25, -0.2) is 8.78 Å². The molecule has 1 unspecified atom stereocenters. The standard InChI is InChI=1S/C53H59F2N9O6/c1-3-36-40(54)8-5-31-20-35(65)21-38(43(31)36)45-44(55)46-39(22-56-45)47(61-16-4-13-51(2,69)24-61)59-50(58-46)70-30-52(14-15-52)25-60-17-11-33(12-18-60)62-26-53(27-62)28-63(29-53)34-6-7-37-32(19-34)23-64(49(37)68)41-9-10-42(66)57-48(41)67/h5-8,19-22,33,41,65,69H,3-4,9-18,23-30H2,1-2H3,(H,57,66,67)/t41?,51-/m1/s1. The van der Waals surface area contributed by atoms with Crippen molar-refractivity contribution in [3.8, 4) is 23.0 Å². The topological polar surface area (TPSA) is 168 Å². The molecule has 12 rings (SSSR count). The number of likely N-dealkylation sites (tertiary alicyclic amines) is 2. The van der Waals surface area contributed by atoms with E-state index in [4.69, 9.17) is 14.7 Å². The summed E-state index contributed by atoms with van der Waals surface area (Å²) >= 11 is 0. The minimum atomic E-state index is -0.966. The number of anilines is 2. The van der Waals surface area contributed by atoms with Crippen molar-refractivity contribution in [2.45, 2.75) is 95.9 Å². The number of hydrogen-bond donors (Lipinski definition) is 3. The third-order valence-electron chi connectivity index (χ3n) is 16.5. The molecule has 0 radical (unpaired) electrons. The average molecular weight is 956 g/mol. The fourth-order valence-corrected chi connectivity index (χ4v) is 12.6. The smallest absolute Gasteiger partial charge is 0.319 e. The number of β-amino-alcohol motifs (C(OH)–C–C–N with tert-alkyl or cyclic N) is 1. The van der Waals surface area contributed by atoms with E-state index in [9.17, 15) is 24.6 Å². The quantitative estimate of drug-likeness (QED) is 0.133. The summed E-state index contributed by atoms with van der Waals surface area (Å²) in [5.74, 6) is -1.61. The normalized spacial score (nSPS) is 24.6. The number of ether oxygens (including phenoxy) is 1. The number of phenols is 1. The maximum Gasteiger partial charge on any atom is 0.319 e. The van der Waals surface area contributed by atoms with Crippen molar-refractivity contribution in [2.24, 2.45) is 10.8 Å². The molecule has 5 aromatic rings. The van der Waals surface area contributed by atoms with Crippen LogP contribution in [-0.2, 0) is 22.6 Å². The van der Waals surface area contributed by atoms with Gasteiger partial charge in [-0.1, -0.05) is 13.0 Å². The molecule has 5 saturated heterocycles. The number of nitrogens with one attached hydrogen (secondary N) is 1. The van der Waals surface area contributed by atoms with Crippen LogP contribution in [0.3, 0.4) is 0 Å². The molecule has 3 aromatic carbocycles. The Kier molecular flexibility index (Phi) is 10.8. The number of carbonyl (C=O) groups excluding carboxylic acids is 3. The van der Waals surface area contributed by atoms with Gasteiger partial charge in [0.15, 0.2) is 5.82 Å². The van der Waals surface area contributed by atoms with Crippen molar-refractivity contribution in [1.82, 2.24) is 35.0 Å². The molecule has 6 fully saturated rings. The number of rotatable bonds is 11. The summed E-state index contributed by atoms with van der Waals surface area (Å²) in [4.78, 5) is 62.7. The molecule has 1 spiro atoms. The molecule has 3 N–H and O–H groups in total. The molecule has 17 heteroatoms. The zero-order valence-electron chi connectivity index (χ0n) is 39.8. The molecule has 0 bridgehead atoms. The highest BCUT2D eigenvalue weighted by molar-refractivity contribution is 6.06. The number of pyridine rings is 1. The lowest BCUT2D eigenvalue weighted by molar-refractivity contribution is -0.136. The molecule has 15 nitrogen and oxygen atoms in total. The summed E-state index contributed by atoms with van der Waals surface area (Å²) in [5, 5.41) is 25.6. The zero-order chi connectivity index (χ0) is 48.3. The molecule has 6 aliphatic heterocycles. The van der Waals surface area contributed by atoms with E-state index < -0.39 is 29.2 Å². The van der Waals surface area contributed by atoms with Crippen LogP contribution in [0, 0.1) is 22.5 Å². The number of aromatic nitrogens is 3. The molecule has 1 saturated carbocycles. The van der Waals surface area contributed by atoms with Crippen molar-refractivity contribution in [3.63, 3.8) is 0 Å². The van der Waals surface area contributed by atoms with Gasteiger partial charge >= 0.3 is 6.01 Å². The molecule has 2 atom stereocenters. The number of phenolic OH excluding ortho intramolecular Hbond substituents is 1. The predicted octanol–water partition coefficient (Wildman–Crippen LogP) is 5.95. The number of halogens is 2. The van der Waals surface area contributed by atoms with Gasteiger partial charge in [0.05, 0.1) is 17.6 Å². The second kappa shape index (κ2) is 16.8. The number of piperidine rings is 3. The van der Waals surface area contributed by atoms with Crippen LogP contribution in [0.5, 0.6) is 11.8 Å². The van der Waals surface area contributed by atoms with Crippen LogP contribution in [0.15, 0.2) is 48.7 Å². The lowest BCUT2D eigenvalue weighted by Gasteiger charge is -2.63. The fourth-order valence-electron chi connectivity index (χ4n) is 12.6. The van der Waals surface area contributed by atoms with Gasteiger partial charge in [0.25, 0.3) is 5.91 Å². The maximum absolute atomic E-state index is 17.1. The van der Waals surface area contributed by atoms with Gasteiger partial charge in [-0.2, -0.15) is 9.97 Å². The van der Waals surface area contributed by atoms with E-state index in [0.717, 1.165) is 89.2 Å². The largest absolute Gasteiger partial charge is 0.508 e. The van der Waals surface area contributed by atoms with E-state index in [2.05, 4.69) is 31.1 Å². The Morgan fingerprint density at radius 1 is 0.900 bits per heavy atom. The molecule has 2 aromatic heterocycles. The van der Waals surface area contributed by atoms with E-state index in [1.165, 1.54) is 24.4 Å². The van der Waals surface area contributed by atoms with Gasteiger partial charge in [0.2, 0.25) is 11.8 Å². The van der Waals surface area contributed by atoms with E-state index in [0.29, 0.717) is 84.6 Å². The third-order valence-corrected chi connectivity index (χ3v) is 16.5. The number of carbonyl (C=O) groups is 3. The van der Waals surface area contributed by atoms with Crippen LogP contribution < -0.4 is 19.9 Å². The van der Waals surface area contributed by atoms with Crippen LogP contribution in [-0.4, -0.2) is 141 Å². The summed E-state index contributed by atoms with van der Waals surface area (Å²) in [6, 6.07) is 11.9. The summed E-state index contributed by atoms with van der Waals surface area (Å²) in [6.07, 6.45) is 8.06. The molecule has 70 heavy (non-hydrogen) atoms. The first-order chi connectivity index (χ1) is 33.7. The summed E-state index contributed by atoms with van der Waals surface area (Å²) in [7, 11) is 0. The molecule has 8 heterocycles. The molecule has 7 aliphatic rings. The zero-order valence-corrected chi connectivity index (χ0v) is 39.8. The first kappa shape index (κ1) is 45.1. The Bertz CT molecular complexity index is 2980. The molecular weight excluding hydrogens is 897 g/mol. The van der Waals surface area contributed by atoms with Crippen molar-refractivity contribution in [2.75, 3.05) is 75.3 Å². The Morgan fingerprint density at radius 2 is 1.70 bits per heavy atom. The summed E-state index contributed by atoms with van der Waals surface area (Å²) in [5.41, 5.74) is 2.57. The second-order valence-corrected chi connectivity index (χ2v) is 21.8. The number of imide groups is 1. The van der Waals surface area contributed by atoms with Crippen LogP contribution in [0.2, 0.25) is 0 Å². The first-order valence-corrected chi connectivity index (χ1v) is 25.1. The van der Waals surface area contributed by atoms with Crippen LogP contribution in [0.4, 0.5) is 20.3 Å². The summed E-state index contributed by atoms with van der Waals surface area (Å²) < 4.78 is 38.8. The number of benzene rings is 3. The number of aromatic hydroxyl groups is 1. The summed E-state index contributed by atoms with van der Waals surface area (Å²) in [6.45, 7) is 12.3. The Hall–Kier alpha value is -6.04. The van der Waals surface area contributed by atoms with Crippen LogP contribution in [0.1, 0.15) is 86.7 Å². The number of amides is 3. The number of hydrogen-bond acceptors (Lipinski definition) is 13. The highest BCUT2D eigenvalue weighted by Gasteiger charge is 2.54. The number of aliphatic hydroxyl groups is 1. The number of fused-ring (bicyclic) bond motifs is 3. The minimum Gasteiger partial charge on any atom is -0.508 e. The van der Waals surface area contributed by atoms with Crippen molar-refractivity contribution in [1.29, 1.82) is 0 Å². The average Bonchev–Trinajstić information content (AvgIpc) is 4.00. The van der Waals surface area contributed by atoms with Crippen molar-refractivity contribution < 1.29 is 38.1 Å². The van der Waals surface area contributed by atoms with E-state index in [-0.39, 0.29) is 57.6 Å². The second-order valence-electron chi connectivity index (χ2n) is 21.8. The highest BCUT2D eigenvalue weighted by atomic mass is 19.1. The monoisotopic (exact) mass is 955 g/mol. The van der Waals surface area contributed by atoms with Gasteiger partial charge in [0, 0.05) is 98.7 Å². The van der Waals surface area contributed by atoms with Crippen LogP contribution in [0.25, 0.3) is 32.9 Å². The lowest BCUT2D eigenvalue weighted by Crippen LogP contribution is -2.74. The van der Waals surface area contributed by atoms with Gasteiger partial charge in [-0.05, 0) is 130 Å². The van der Waals surface area contributed by atoms with E-state index >= 15 is 8.78 Å². The van der Waals surface area contributed by atoms with Gasteiger partial charge in [-0.3, -0.25) is 29.6 Å². The SMILES string of the molecule is CCc1c(F)ccc2cc(O)cc(-c3ncc4c(N5CCC[C@@](C)(O)C5)nc(OCC5(CN6CCC(N7CC8(CN(c9ccc%10c(c9)CN(C9CCC(=O)NC9=O)C%10=O)C8)C7)CC6)CC5)nc4c3F)c12. The number of nitrogens with zero attached hydrogens (tertiary/aromatic N) is 8. The fraction of sp³-hybridized carbons (Fsp3) is 0.509. The third kappa shape index (κ3) is 7.97. The Labute approximate surface area is 404 Å². The Balaban J connectivity index is 0.685. The van der Waals surface area contributed by atoms with Crippen molar-refractivity contribution in [3.05, 3.63) is 77.0 Å². The Morgan fingerprint density at radius 3 is 2.44 bits per heavy atom. The molecular formula is C53H59F2N9O6. The number of aryl methyl sites for hydroxylation is 1. The van der Waals surface area contributed by atoms with Crippen LogP contribution >= 0.6 is 0 Å². The van der Waals surface area contributed by atoms with E-state index in [1.807, 2.05) is 24.0 Å². The maximum atomic E-state index is 17.1. The van der Waals surface area contributed by atoms with Gasteiger partial charge < -0.3 is 34.5 Å². The first-order valence-electron chi connectivity index (χ1n) is 25.1. The molecule has 3 amide bonds. The minimum absolute atomic E-state index is 0.0106. The van der Waals surface area contributed by atoms with Gasteiger partial charge in [0.1, 0.15) is 34.6 Å². The lowest BCUT2D eigenvalue weighted by atomic mass is 9.71. The molecule has 1 aliphatic carbocycles. The van der Waals surface area contributed by atoms with Crippen molar-refractivity contribution >= 4 is 50.9 Å². The van der Waals surface area contributed by atoms with E-state index in [1.54, 1.807) is 17.9 Å². The van der Waals surface area contributed by atoms with Gasteiger partial charge in [-0.15, -0.1) is 0 Å². The molecule has 366 valence electrons. The highest BCUT2D eigenvalue weighted by Crippen LogP contribution is 2.49.